The van der Waals surface area contributed by atoms with Gasteiger partial charge in [-0.05, 0) is 40.8 Å². The molecule has 1 fully saturated rings. The maximum absolute atomic E-state index is 13.0. The summed E-state index contributed by atoms with van der Waals surface area (Å²) in [7, 11) is -3.55. The number of hydrogen-bond donors (Lipinski definition) is 0. The molecule has 1 aliphatic rings. The van der Waals surface area contributed by atoms with Gasteiger partial charge in [0.15, 0.2) is 0 Å². The number of carbonyl (C=O) groups is 1. The Bertz CT molecular complexity index is 1070. The van der Waals surface area contributed by atoms with Gasteiger partial charge in [0.25, 0.3) is 0 Å². The average molecular weight is 415 g/mol. The van der Waals surface area contributed by atoms with Gasteiger partial charge in [0, 0.05) is 37.5 Å². The molecule has 0 unspecified atom stereocenters. The minimum Gasteiger partial charge on any atom is -0.340 e. The summed E-state index contributed by atoms with van der Waals surface area (Å²) in [6.07, 6.45) is 1.21. The molecule has 146 valence electrons. The standard InChI is InChI=1S/C21H22N2O3S2/c24-21(10-8-19-6-3-15-27-19)22-11-13-23(14-12-22)28(25,26)20-9-7-17-4-1-2-5-18(17)16-20/h1-7,9,15-16H,8,10-14H2. The van der Waals surface area contributed by atoms with Gasteiger partial charge in [-0.2, -0.15) is 4.31 Å². The molecular formula is C21H22N2O3S2. The van der Waals surface area contributed by atoms with Crippen LogP contribution in [0.4, 0.5) is 0 Å². The van der Waals surface area contributed by atoms with Crippen molar-refractivity contribution in [2.24, 2.45) is 0 Å². The summed E-state index contributed by atoms with van der Waals surface area (Å²) < 4.78 is 27.5. The molecule has 1 saturated heterocycles. The van der Waals surface area contributed by atoms with Crippen molar-refractivity contribution in [1.29, 1.82) is 0 Å². The number of benzene rings is 2. The van der Waals surface area contributed by atoms with Crippen molar-refractivity contribution in [2.45, 2.75) is 17.7 Å². The van der Waals surface area contributed by atoms with Crippen molar-refractivity contribution in [2.75, 3.05) is 26.2 Å². The lowest BCUT2D eigenvalue weighted by molar-refractivity contribution is -0.132. The first-order chi connectivity index (χ1) is 13.5. The lowest BCUT2D eigenvalue weighted by atomic mass is 10.1. The molecule has 0 radical (unpaired) electrons. The first kappa shape index (κ1) is 19.1. The van der Waals surface area contributed by atoms with Gasteiger partial charge in [-0.3, -0.25) is 4.79 Å². The highest BCUT2D eigenvalue weighted by molar-refractivity contribution is 7.89. The number of sulfonamides is 1. The molecule has 0 atom stereocenters. The fourth-order valence-corrected chi connectivity index (χ4v) is 5.66. The van der Waals surface area contributed by atoms with Crippen molar-refractivity contribution in [3.63, 3.8) is 0 Å². The minimum atomic E-state index is -3.55. The Morgan fingerprint density at radius 3 is 2.39 bits per heavy atom. The number of carbonyl (C=O) groups excluding carboxylic acids is 1. The Kier molecular flexibility index (Phi) is 5.48. The van der Waals surface area contributed by atoms with Crippen molar-refractivity contribution in [3.05, 3.63) is 64.9 Å². The van der Waals surface area contributed by atoms with Gasteiger partial charge in [-0.1, -0.05) is 36.4 Å². The van der Waals surface area contributed by atoms with Crippen molar-refractivity contribution < 1.29 is 13.2 Å². The minimum absolute atomic E-state index is 0.0937. The molecule has 7 heteroatoms. The SMILES string of the molecule is O=C(CCc1cccs1)N1CCN(S(=O)(=O)c2ccc3ccccc3c2)CC1. The Labute approximate surface area is 169 Å². The highest BCUT2D eigenvalue weighted by atomic mass is 32.2. The van der Waals surface area contributed by atoms with E-state index in [1.54, 1.807) is 28.4 Å². The second kappa shape index (κ2) is 8.03. The molecule has 1 amide bonds. The van der Waals surface area contributed by atoms with Gasteiger partial charge in [-0.25, -0.2) is 8.42 Å². The molecule has 4 rings (SSSR count). The fourth-order valence-electron chi connectivity index (χ4n) is 3.50. The summed E-state index contributed by atoms with van der Waals surface area (Å²) in [4.78, 5) is 15.7. The zero-order chi connectivity index (χ0) is 19.6. The number of fused-ring (bicyclic) bond motifs is 1. The van der Waals surface area contributed by atoms with E-state index in [0.29, 0.717) is 37.5 Å². The number of nitrogens with zero attached hydrogens (tertiary/aromatic N) is 2. The smallest absolute Gasteiger partial charge is 0.243 e. The van der Waals surface area contributed by atoms with Gasteiger partial charge in [0.05, 0.1) is 4.90 Å². The number of amides is 1. The molecule has 2 heterocycles. The van der Waals surface area contributed by atoms with E-state index >= 15 is 0 Å². The molecule has 0 N–H and O–H groups in total. The van der Waals surface area contributed by atoms with Gasteiger partial charge in [-0.15, -0.1) is 11.3 Å². The lowest BCUT2D eigenvalue weighted by Crippen LogP contribution is -2.50. The molecule has 2 aromatic carbocycles. The van der Waals surface area contributed by atoms with Gasteiger partial charge in [0.2, 0.25) is 15.9 Å². The quantitative estimate of drug-likeness (QED) is 0.643. The Hall–Kier alpha value is -2.22. The highest BCUT2D eigenvalue weighted by Gasteiger charge is 2.30. The topological polar surface area (TPSA) is 57.7 Å². The lowest BCUT2D eigenvalue weighted by Gasteiger charge is -2.34. The zero-order valence-corrected chi connectivity index (χ0v) is 17.1. The summed E-state index contributed by atoms with van der Waals surface area (Å²) in [6.45, 7) is 1.55. The van der Waals surface area contributed by atoms with Gasteiger partial charge < -0.3 is 4.90 Å². The maximum atomic E-state index is 13.0. The molecule has 0 aliphatic carbocycles. The van der Waals surface area contributed by atoms with E-state index in [1.807, 2.05) is 47.8 Å². The van der Waals surface area contributed by atoms with E-state index in [9.17, 15) is 13.2 Å². The molecule has 0 spiro atoms. The first-order valence-electron chi connectivity index (χ1n) is 9.33. The van der Waals surface area contributed by atoms with Crippen molar-refractivity contribution in [3.8, 4) is 0 Å². The second-order valence-electron chi connectivity index (χ2n) is 6.87. The number of piperazine rings is 1. The molecule has 3 aromatic rings. The zero-order valence-electron chi connectivity index (χ0n) is 15.5. The molecule has 0 bridgehead atoms. The van der Waals surface area contributed by atoms with E-state index < -0.39 is 10.0 Å². The summed E-state index contributed by atoms with van der Waals surface area (Å²) in [5.74, 6) is 0.0937. The van der Waals surface area contributed by atoms with Gasteiger partial charge in [0.1, 0.15) is 0 Å². The third kappa shape index (κ3) is 3.97. The van der Waals surface area contributed by atoms with Crippen LogP contribution in [0.2, 0.25) is 0 Å². The molecule has 5 nitrogen and oxygen atoms in total. The maximum Gasteiger partial charge on any atom is 0.243 e. The van der Waals surface area contributed by atoms with Crippen LogP contribution in [0.15, 0.2) is 64.9 Å². The average Bonchev–Trinajstić information content (AvgIpc) is 3.25. The van der Waals surface area contributed by atoms with Crippen LogP contribution in [-0.2, 0) is 21.2 Å². The van der Waals surface area contributed by atoms with Crippen LogP contribution in [0.3, 0.4) is 0 Å². The van der Waals surface area contributed by atoms with Crippen LogP contribution in [-0.4, -0.2) is 49.7 Å². The molecular weight excluding hydrogens is 392 g/mol. The monoisotopic (exact) mass is 414 g/mol. The van der Waals surface area contributed by atoms with E-state index in [0.717, 1.165) is 17.2 Å². The first-order valence-corrected chi connectivity index (χ1v) is 11.7. The van der Waals surface area contributed by atoms with Crippen molar-refractivity contribution in [1.82, 2.24) is 9.21 Å². The normalized spacial score (nSPS) is 15.8. The van der Waals surface area contributed by atoms with Gasteiger partial charge >= 0.3 is 0 Å². The van der Waals surface area contributed by atoms with E-state index in [2.05, 4.69) is 0 Å². The molecule has 1 aromatic heterocycles. The highest BCUT2D eigenvalue weighted by Crippen LogP contribution is 2.23. The van der Waals surface area contributed by atoms with Crippen LogP contribution >= 0.6 is 11.3 Å². The number of hydrogen-bond acceptors (Lipinski definition) is 4. The van der Waals surface area contributed by atoms with Crippen molar-refractivity contribution >= 4 is 38.0 Å². The summed E-state index contributed by atoms with van der Waals surface area (Å²) in [6, 6.07) is 17.0. The Morgan fingerprint density at radius 1 is 0.929 bits per heavy atom. The summed E-state index contributed by atoms with van der Waals surface area (Å²) in [5.41, 5.74) is 0. The van der Waals surface area contributed by atoms with E-state index in [4.69, 9.17) is 0 Å². The largest absolute Gasteiger partial charge is 0.340 e. The fraction of sp³-hybridized carbons (Fsp3) is 0.286. The van der Waals surface area contributed by atoms with E-state index in [1.165, 1.54) is 9.18 Å². The van der Waals surface area contributed by atoms with Crippen LogP contribution in [0.5, 0.6) is 0 Å². The Morgan fingerprint density at radius 2 is 1.68 bits per heavy atom. The number of aryl methyl sites for hydroxylation is 1. The van der Waals surface area contributed by atoms with Crippen LogP contribution < -0.4 is 0 Å². The molecule has 1 aliphatic heterocycles. The van der Waals surface area contributed by atoms with Crippen LogP contribution in [0, 0.1) is 0 Å². The van der Waals surface area contributed by atoms with Crippen LogP contribution in [0.1, 0.15) is 11.3 Å². The third-order valence-electron chi connectivity index (χ3n) is 5.12. The molecule has 0 saturated carbocycles. The van der Waals surface area contributed by atoms with E-state index in [-0.39, 0.29) is 5.91 Å². The summed E-state index contributed by atoms with van der Waals surface area (Å²) >= 11 is 1.66. The predicted molar refractivity (Wildman–Crippen MR) is 112 cm³/mol. The third-order valence-corrected chi connectivity index (χ3v) is 7.95. The predicted octanol–water partition coefficient (Wildman–Crippen LogP) is 3.37. The van der Waals surface area contributed by atoms with Crippen LogP contribution in [0.25, 0.3) is 10.8 Å². The Balaban J connectivity index is 1.39. The summed E-state index contributed by atoms with van der Waals surface area (Å²) in [5, 5.41) is 3.93. The number of thiophene rings is 1. The molecule has 28 heavy (non-hydrogen) atoms. The second-order valence-corrected chi connectivity index (χ2v) is 9.84. The number of rotatable bonds is 5.